The van der Waals surface area contributed by atoms with E-state index in [2.05, 4.69) is 10.3 Å². The van der Waals surface area contributed by atoms with Gasteiger partial charge < -0.3 is 35.2 Å². The number of amides is 4. The predicted octanol–water partition coefficient (Wildman–Crippen LogP) is -0.0365. The minimum absolute atomic E-state index is 0.0268. The number of nitrogens with two attached hydrogens (primary N) is 1. The number of carbonyl (C=O) groups is 5. The number of carbonyl (C=O) groups excluding carboxylic acids is 4. The van der Waals surface area contributed by atoms with Gasteiger partial charge in [0.05, 0.1) is 23.8 Å². The molecule has 2 aromatic heterocycles. The maximum Gasteiger partial charge on any atom is 0.404 e. The number of aromatic amines is 1. The monoisotopic (exact) mass is 558 g/mol. The molecule has 2 aliphatic heterocycles. The van der Waals surface area contributed by atoms with Crippen molar-refractivity contribution in [1.82, 2.24) is 19.8 Å². The molecule has 0 radical (unpaired) electrons. The quantitative estimate of drug-likeness (QED) is 0.284. The number of benzene rings is 1. The highest BCUT2D eigenvalue weighted by atomic mass is 32.2. The first-order valence-corrected chi connectivity index (χ1v) is 12.6. The molecule has 2 saturated heterocycles. The number of imidazole rings is 1. The van der Waals surface area contributed by atoms with Gasteiger partial charge in [0.25, 0.3) is 0 Å². The molecule has 3 aromatic rings. The molecule has 0 saturated carbocycles. The molecular formula is C23H22N6O9S. The summed E-state index contributed by atoms with van der Waals surface area (Å²) in [5.74, 6) is -2.50. The van der Waals surface area contributed by atoms with Crippen LogP contribution in [0.25, 0.3) is 11.0 Å². The van der Waals surface area contributed by atoms with Crippen molar-refractivity contribution in [2.24, 2.45) is 11.1 Å². The zero-order chi connectivity index (χ0) is 27.9. The predicted molar refractivity (Wildman–Crippen MR) is 135 cm³/mol. The lowest BCUT2D eigenvalue weighted by atomic mass is 9.87. The van der Waals surface area contributed by atoms with Gasteiger partial charge in [-0.2, -0.15) is 0 Å². The number of aromatic nitrogens is 2. The molecule has 2 fully saturated rings. The fourth-order valence-electron chi connectivity index (χ4n) is 4.59. The smallest absolute Gasteiger partial charge is 0.404 e. The van der Waals surface area contributed by atoms with Crippen molar-refractivity contribution in [2.45, 2.75) is 11.4 Å². The molecule has 1 aromatic carbocycles. The van der Waals surface area contributed by atoms with Crippen LogP contribution >= 0.6 is 11.8 Å². The summed E-state index contributed by atoms with van der Waals surface area (Å²) < 4.78 is 11.0. The van der Waals surface area contributed by atoms with Gasteiger partial charge in [0.1, 0.15) is 23.4 Å². The lowest BCUT2D eigenvalue weighted by Crippen LogP contribution is -2.75. The largest absolute Gasteiger partial charge is 0.481 e. The van der Waals surface area contributed by atoms with E-state index in [1.165, 1.54) is 23.3 Å². The molecule has 0 spiro atoms. The number of primary amides is 1. The number of ether oxygens (including phenoxy) is 1. The Hall–Kier alpha value is -4.73. The molecule has 5 N–H and O–H groups in total. The Kier molecular flexibility index (Phi) is 6.55. The maximum absolute atomic E-state index is 13.3. The molecule has 3 atom stereocenters. The summed E-state index contributed by atoms with van der Waals surface area (Å²) in [5, 5.41) is 11.6. The van der Waals surface area contributed by atoms with Crippen LogP contribution < -0.4 is 21.6 Å². The average molecular weight is 559 g/mol. The minimum atomic E-state index is -1.57. The Morgan fingerprint density at radius 1 is 1.23 bits per heavy atom. The Labute approximate surface area is 222 Å². The fourth-order valence-corrected chi connectivity index (χ4v) is 6.16. The van der Waals surface area contributed by atoms with Crippen LogP contribution in [0.3, 0.4) is 0 Å². The van der Waals surface area contributed by atoms with Crippen LogP contribution in [-0.4, -0.2) is 86.3 Å². The highest BCUT2D eigenvalue weighted by Crippen LogP contribution is 2.45. The summed E-state index contributed by atoms with van der Waals surface area (Å²) in [4.78, 5) is 79.7. The van der Waals surface area contributed by atoms with E-state index in [9.17, 15) is 33.9 Å². The second-order valence-corrected chi connectivity index (χ2v) is 10.1. The standard InChI is InChI=1S/C23H22N6O9S/c24-20(34)38-10-23(19(32)33)9-27-17(31)16(18(27)39-11-23)29(15-6-3-7-37-15)14(30)8-25-21(35)28-13-5-2-1-4-12(13)26-22(28)36/h1-7,16,18H,8-11H2,(H2,24,34)(H,25,35)(H,26,36)(H,32,33)/t16?,18-,23?/m1/s1. The van der Waals surface area contributed by atoms with Crippen LogP contribution in [0.15, 0.2) is 51.9 Å². The van der Waals surface area contributed by atoms with Crippen LogP contribution in [0, 0.1) is 5.41 Å². The number of β-lactam (4-membered cyclic amide) rings is 1. The molecular weight excluding hydrogens is 536 g/mol. The number of aliphatic carboxylic acids is 1. The number of nitrogens with one attached hydrogen (secondary N) is 2. The number of nitrogens with zero attached hydrogens (tertiary/aromatic N) is 3. The lowest BCUT2D eigenvalue weighted by molar-refractivity contribution is -0.159. The first kappa shape index (κ1) is 25.9. The molecule has 5 rings (SSSR count). The van der Waals surface area contributed by atoms with Crippen molar-refractivity contribution in [3.05, 3.63) is 53.1 Å². The Morgan fingerprint density at radius 3 is 2.69 bits per heavy atom. The Balaban J connectivity index is 1.33. The van der Waals surface area contributed by atoms with E-state index < -0.39 is 65.6 Å². The van der Waals surface area contributed by atoms with Crippen molar-refractivity contribution in [2.75, 3.05) is 30.3 Å². The van der Waals surface area contributed by atoms with Crippen molar-refractivity contribution in [1.29, 1.82) is 0 Å². The van der Waals surface area contributed by atoms with Crippen molar-refractivity contribution >= 4 is 58.6 Å². The third kappa shape index (κ3) is 4.47. The van der Waals surface area contributed by atoms with Crippen LogP contribution in [-0.2, 0) is 19.1 Å². The Bertz CT molecular complexity index is 1530. The van der Waals surface area contributed by atoms with E-state index in [1.54, 1.807) is 24.3 Å². The van der Waals surface area contributed by atoms with Crippen LogP contribution in [0.4, 0.5) is 15.5 Å². The molecule has 204 valence electrons. The average Bonchev–Trinajstić information content (AvgIpc) is 3.55. The van der Waals surface area contributed by atoms with Gasteiger partial charge in [-0.05, 0) is 18.2 Å². The SMILES string of the molecule is NC(=O)OCC1(C(=O)O)CS[C@@H]2C(N(C(=O)CNC(=O)n3c(=O)[nH]c4ccccc43)c3ccco3)C(=O)N2C1. The number of anilines is 1. The molecule has 2 unspecified atom stereocenters. The van der Waals surface area contributed by atoms with Gasteiger partial charge in [0.15, 0.2) is 0 Å². The molecule has 15 nitrogen and oxygen atoms in total. The summed E-state index contributed by atoms with van der Waals surface area (Å²) in [6.07, 6.45) is 0.174. The second kappa shape index (κ2) is 9.86. The number of carboxylic acids is 1. The van der Waals surface area contributed by atoms with E-state index in [4.69, 9.17) is 14.9 Å². The van der Waals surface area contributed by atoms with Crippen molar-refractivity contribution in [3.8, 4) is 0 Å². The van der Waals surface area contributed by atoms with Crippen LogP contribution in [0.5, 0.6) is 0 Å². The number of hydrogen-bond donors (Lipinski definition) is 4. The molecule has 4 amide bonds. The maximum atomic E-state index is 13.3. The molecule has 0 aliphatic carbocycles. The summed E-state index contributed by atoms with van der Waals surface area (Å²) in [6, 6.07) is 7.62. The first-order valence-electron chi connectivity index (χ1n) is 11.5. The zero-order valence-corrected chi connectivity index (χ0v) is 20.9. The second-order valence-electron chi connectivity index (χ2n) is 8.96. The van der Waals surface area contributed by atoms with Gasteiger partial charge in [0.2, 0.25) is 17.7 Å². The number of carboxylic acid groups (broad SMARTS) is 1. The summed E-state index contributed by atoms with van der Waals surface area (Å²) in [7, 11) is 0. The van der Waals surface area contributed by atoms with Crippen molar-refractivity contribution in [3.63, 3.8) is 0 Å². The number of H-pyrrole nitrogens is 1. The van der Waals surface area contributed by atoms with Crippen LogP contribution in [0.1, 0.15) is 0 Å². The van der Waals surface area contributed by atoms with Gasteiger partial charge in [-0.1, -0.05) is 12.1 Å². The summed E-state index contributed by atoms with van der Waals surface area (Å²) >= 11 is 1.10. The number of fused-ring (bicyclic) bond motifs is 2. The van der Waals surface area contributed by atoms with E-state index in [-0.39, 0.29) is 18.2 Å². The third-order valence-corrected chi connectivity index (χ3v) is 8.11. The first-order chi connectivity index (χ1) is 18.6. The topological polar surface area (TPSA) is 210 Å². The lowest BCUT2D eigenvalue weighted by Gasteiger charge is -2.55. The zero-order valence-electron chi connectivity index (χ0n) is 20.1. The molecule has 4 heterocycles. The van der Waals surface area contributed by atoms with Gasteiger partial charge in [0, 0.05) is 18.4 Å². The van der Waals surface area contributed by atoms with Gasteiger partial charge in [-0.3, -0.25) is 19.3 Å². The van der Waals surface area contributed by atoms with E-state index in [0.717, 1.165) is 21.2 Å². The molecule has 0 bridgehead atoms. The molecule has 39 heavy (non-hydrogen) atoms. The number of para-hydroxylation sites is 2. The Morgan fingerprint density at radius 2 is 2.00 bits per heavy atom. The van der Waals surface area contributed by atoms with Crippen LogP contribution in [0.2, 0.25) is 0 Å². The summed E-state index contributed by atoms with van der Waals surface area (Å²) in [5.41, 5.74) is 3.49. The van der Waals surface area contributed by atoms with E-state index >= 15 is 0 Å². The number of rotatable bonds is 7. The number of hydrogen-bond acceptors (Lipinski definition) is 9. The number of thioether (sulfide) groups is 1. The van der Waals surface area contributed by atoms with Gasteiger partial charge in [-0.25, -0.2) is 19.0 Å². The number of furan rings is 1. The highest BCUT2D eigenvalue weighted by Gasteiger charge is 2.60. The van der Waals surface area contributed by atoms with Crippen molar-refractivity contribution < 1.29 is 38.2 Å². The minimum Gasteiger partial charge on any atom is -0.481 e. The van der Waals surface area contributed by atoms with E-state index in [1.807, 2.05) is 0 Å². The van der Waals surface area contributed by atoms with E-state index in [0.29, 0.717) is 11.0 Å². The fraction of sp³-hybridized carbons (Fsp3) is 0.304. The summed E-state index contributed by atoms with van der Waals surface area (Å²) in [6.45, 7) is -1.35. The highest BCUT2D eigenvalue weighted by molar-refractivity contribution is 8.00. The van der Waals surface area contributed by atoms with Gasteiger partial charge >= 0.3 is 23.8 Å². The normalized spacial score (nSPS) is 22.1. The third-order valence-electron chi connectivity index (χ3n) is 6.54. The molecule has 2 aliphatic rings. The van der Waals surface area contributed by atoms with Gasteiger partial charge in [-0.15, -0.1) is 11.8 Å². The molecule has 16 heteroatoms.